The van der Waals surface area contributed by atoms with Crippen LogP contribution in [0.1, 0.15) is 19.3 Å². The number of hydrogen-bond acceptors (Lipinski definition) is 11. The first-order chi connectivity index (χ1) is 17.8. The number of nitro groups is 1. The molecule has 4 aromatic rings. The summed E-state index contributed by atoms with van der Waals surface area (Å²) >= 11 is 1.25. The number of thiazole rings is 1. The zero-order chi connectivity index (χ0) is 26.0. The van der Waals surface area contributed by atoms with E-state index in [9.17, 15) is 14.9 Å². The summed E-state index contributed by atoms with van der Waals surface area (Å²) in [5.74, 6) is 1.31. The molecule has 1 aliphatic heterocycles. The maximum atomic E-state index is 13.1. The highest BCUT2D eigenvalue weighted by atomic mass is 32.1. The number of hydrogen-bond donors (Lipinski definition) is 1. The molecule has 0 unspecified atom stereocenters. The van der Waals surface area contributed by atoms with E-state index in [4.69, 9.17) is 4.74 Å². The largest absolute Gasteiger partial charge is 0.528 e. The van der Waals surface area contributed by atoms with Crippen LogP contribution >= 0.6 is 11.3 Å². The highest BCUT2D eigenvalue weighted by molar-refractivity contribution is 7.22. The molecule has 0 radical (unpaired) electrons. The molecule has 1 N–H and O–H groups in total. The summed E-state index contributed by atoms with van der Waals surface area (Å²) in [6.07, 6.45) is 2.63. The van der Waals surface area contributed by atoms with Crippen molar-refractivity contribution in [3.05, 3.63) is 58.6 Å². The smallest absolute Gasteiger partial charge is 0.380 e. The molecule has 0 aliphatic carbocycles. The van der Waals surface area contributed by atoms with Crippen molar-refractivity contribution in [2.24, 2.45) is 0 Å². The van der Waals surface area contributed by atoms with E-state index in [-0.39, 0.29) is 22.1 Å². The number of nitrogens with zero attached hydrogens (tertiary/aromatic N) is 7. The number of carbonyl (C=O) groups excluding carboxylic acids is 1. The average Bonchev–Trinajstić information content (AvgIpc) is 3.31. The van der Waals surface area contributed by atoms with Gasteiger partial charge in [0.05, 0.1) is 29.2 Å². The molecule has 12 nitrogen and oxygen atoms in total. The molecule has 1 aliphatic rings. The predicted molar refractivity (Wildman–Crippen MR) is 142 cm³/mol. The number of non-ortho nitro benzene ring substituents is 1. The Bertz CT molecular complexity index is 1450. The van der Waals surface area contributed by atoms with Crippen molar-refractivity contribution in [2.75, 3.05) is 37.4 Å². The Hall–Kier alpha value is -4.23. The first-order valence-electron chi connectivity index (χ1n) is 11.7. The fourth-order valence-corrected chi connectivity index (χ4v) is 4.75. The normalized spacial score (nSPS) is 13.9. The molecule has 1 fully saturated rings. The fraction of sp³-hybridized carbons (Fsp3) is 0.292. The number of nitro benzene ring substituents is 1. The lowest BCUT2D eigenvalue weighted by atomic mass is 10.1. The maximum absolute atomic E-state index is 13.1. The number of benzene rings is 2. The van der Waals surface area contributed by atoms with Crippen molar-refractivity contribution in [1.82, 2.24) is 24.4 Å². The molecule has 5 rings (SSSR count). The van der Waals surface area contributed by atoms with E-state index in [0.29, 0.717) is 27.0 Å². The van der Waals surface area contributed by atoms with Gasteiger partial charge in [0.15, 0.2) is 5.13 Å². The number of fused-ring (bicyclic) bond motifs is 1. The number of carbonyl (C=O) groups is 1. The Morgan fingerprint density at radius 3 is 2.54 bits per heavy atom. The van der Waals surface area contributed by atoms with Gasteiger partial charge in [-0.2, -0.15) is 14.3 Å². The van der Waals surface area contributed by atoms with Gasteiger partial charge < -0.3 is 9.64 Å². The molecule has 0 spiro atoms. The van der Waals surface area contributed by atoms with Crippen LogP contribution in [0.2, 0.25) is 0 Å². The van der Waals surface area contributed by atoms with Gasteiger partial charge in [0.1, 0.15) is 5.75 Å². The number of para-hydroxylation sites is 1. The number of nitrogens with one attached hydrogen (secondary N) is 1. The number of rotatable bonds is 6. The summed E-state index contributed by atoms with van der Waals surface area (Å²) in [6.45, 7) is 1.60. The first kappa shape index (κ1) is 24.5. The van der Waals surface area contributed by atoms with Crippen molar-refractivity contribution in [1.29, 1.82) is 0 Å². The fourth-order valence-electron chi connectivity index (χ4n) is 3.86. The number of piperidine rings is 1. The van der Waals surface area contributed by atoms with Crippen LogP contribution in [0.5, 0.6) is 5.75 Å². The molecule has 37 heavy (non-hydrogen) atoms. The Morgan fingerprint density at radius 2 is 1.81 bits per heavy atom. The van der Waals surface area contributed by atoms with E-state index in [1.54, 1.807) is 44.4 Å². The zero-order valence-electron chi connectivity index (χ0n) is 20.3. The van der Waals surface area contributed by atoms with Crippen LogP contribution in [0.4, 0.5) is 33.5 Å². The van der Waals surface area contributed by atoms with Gasteiger partial charge in [-0.3, -0.25) is 15.4 Å². The van der Waals surface area contributed by atoms with Crippen LogP contribution in [0.25, 0.3) is 10.2 Å². The minimum Gasteiger partial charge on any atom is -0.380 e. The minimum atomic E-state index is -0.555. The molecule has 2 aromatic carbocycles. The van der Waals surface area contributed by atoms with Crippen LogP contribution < -0.4 is 19.4 Å². The Kier molecular flexibility index (Phi) is 6.63. The third-order valence-electron chi connectivity index (χ3n) is 5.96. The molecular weight excluding hydrogens is 496 g/mol. The van der Waals surface area contributed by atoms with Crippen LogP contribution in [-0.2, 0) is 0 Å². The summed E-state index contributed by atoms with van der Waals surface area (Å²) in [4.78, 5) is 44.2. The second-order valence-electron chi connectivity index (χ2n) is 8.99. The summed E-state index contributed by atoms with van der Waals surface area (Å²) in [6, 6.07) is 13.3. The SMILES string of the molecule is C[N+](C)(C(=O)Oc1ccccc1)c1nc(Nc2nc3ccc([N+](=O)[O-])cc3s2)nc(N2CCCCC2)n1. The lowest BCUT2D eigenvalue weighted by Gasteiger charge is -2.28. The van der Waals surface area contributed by atoms with Gasteiger partial charge in [0.2, 0.25) is 11.9 Å². The number of aromatic nitrogens is 4. The summed E-state index contributed by atoms with van der Waals surface area (Å²) in [5, 5.41) is 14.7. The lowest BCUT2D eigenvalue weighted by Crippen LogP contribution is -2.50. The quantitative estimate of drug-likeness (QED) is 0.212. The van der Waals surface area contributed by atoms with Crippen molar-refractivity contribution in [2.45, 2.75) is 19.3 Å². The zero-order valence-corrected chi connectivity index (χ0v) is 21.1. The van der Waals surface area contributed by atoms with E-state index < -0.39 is 11.0 Å². The molecule has 190 valence electrons. The lowest BCUT2D eigenvalue weighted by molar-refractivity contribution is -0.384. The second kappa shape index (κ2) is 10.0. The van der Waals surface area contributed by atoms with Gasteiger partial charge in [0.25, 0.3) is 5.69 Å². The molecule has 3 heterocycles. The second-order valence-corrected chi connectivity index (χ2v) is 10.0. The minimum absolute atomic E-state index is 0.00601. The van der Waals surface area contributed by atoms with E-state index >= 15 is 0 Å². The van der Waals surface area contributed by atoms with Crippen molar-refractivity contribution < 1.29 is 14.5 Å². The van der Waals surface area contributed by atoms with Crippen LogP contribution in [0, 0.1) is 10.1 Å². The van der Waals surface area contributed by atoms with Crippen molar-refractivity contribution >= 4 is 56.3 Å². The van der Waals surface area contributed by atoms with Gasteiger partial charge in [0, 0.05) is 25.2 Å². The molecule has 1 saturated heterocycles. The number of amides is 1. The first-order valence-corrected chi connectivity index (χ1v) is 12.6. The molecule has 0 atom stereocenters. The highest BCUT2D eigenvalue weighted by Crippen LogP contribution is 2.31. The topological polar surface area (TPSA) is 136 Å². The molecule has 0 bridgehead atoms. The van der Waals surface area contributed by atoms with Crippen LogP contribution in [-0.4, -0.2) is 58.1 Å². The molecular formula is C24H25N8O4S+. The number of quaternary nitrogens is 1. The Morgan fingerprint density at radius 1 is 1.05 bits per heavy atom. The number of ether oxygens (including phenoxy) is 1. The van der Waals surface area contributed by atoms with Gasteiger partial charge in [-0.1, -0.05) is 29.5 Å². The Labute approximate surface area is 216 Å². The van der Waals surface area contributed by atoms with Crippen LogP contribution in [0.3, 0.4) is 0 Å². The highest BCUT2D eigenvalue weighted by Gasteiger charge is 2.37. The number of anilines is 3. The Balaban J connectivity index is 1.49. The van der Waals surface area contributed by atoms with Gasteiger partial charge in [-0.15, -0.1) is 9.97 Å². The maximum Gasteiger partial charge on any atom is 0.528 e. The monoisotopic (exact) mass is 521 g/mol. The van der Waals surface area contributed by atoms with E-state index in [1.807, 2.05) is 6.07 Å². The van der Waals surface area contributed by atoms with Crippen LogP contribution in [0.15, 0.2) is 48.5 Å². The molecule has 13 heteroatoms. The molecule has 1 amide bonds. The van der Waals surface area contributed by atoms with Gasteiger partial charge in [-0.25, -0.2) is 4.98 Å². The van der Waals surface area contributed by atoms with Gasteiger partial charge in [-0.05, 0) is 37.5 Å². The average molecular weight is 522 g/mol. The standard InChI is InChI=1S/C24H25N8O4S/c1-32(2,24(33)36-17-9-5-3-6-10-17)22-27-20(26-21(29-22)30-13-7-4-8-14-30)28-23-25-18-12-11-16(31(34)35)15-19(18)37-23/h3,5-6,9-12,15H,4,7-8,13-14H2,1-2H3,(H,25,26,27,28,29)/q+1. The van der Waals surface area contributed by atoms with Gasteiger partial charge >= 0.3 is 12.0 Å². The molecule has 0 saturated carbocycles. The summed E-state index contributed by atoms with van der Waals surface area (Å²) in [5.41, 5.74) is 0.611. The van der Waals surface area contributed by atoms with E-state index in [2.05, 4.69) is 30.2 Å². The molecule has 2 aromatic heterocycles. The summed E-state index contributed by atoms with van der Waals surface area (Å²) in [7, 11) is 3.31. The summed E-state index contributed by atoms with van der Waals surface area (Å²) < 4.78 is 5.86. The predicted octanol–water partition coefficient (Wildman–Crippen LogP) is 4.89. The third kappa shape index (κ3) is 5.32. The van der Waals surface area contributed by atoms with E-state index in [1.165, 1.54) is 23.5 Å². The van der Waals surface area contributed by atoms with Crippen molar-refractivity contribution in [3.63, 3.8) is 0 Å². The van der Waals surface area contributed by atoms with Crippen molar-refractivity contribution in [3.8, 4) is 5.75 Å². The van der Waals surface area contributed by atoms with E-state index in [0.717, 1.165) is 32.4 Å². The third-order valence-corrected chi connectivity index (χ3v) is 6.89.